The molecule has 0 saturated heterocycles. The fourth-order valence-corrected chi connectivity index (χ4v) is 3.96. The first-order valence-corrected chi connectivity index (χ1v) is 8.29. The highest BCUT2D eigenvalue weighted by molar-refractivity contribution is 5.56. The minimum Gasteiger partial charge on any atom is -0.507 e. The van der Waals surface area contributed by atoms with Crippen molar-refractivity contribution in [3.63, 3.8) is 0 Å². The zero-order valence-electron chi connectivity index (χ0n) is 14.1. The number of ether oxygens (including phenoxy) is 1. The van der Waals surface area contributed by atoms with E-state index in [0.29, 0.717) is 5.75 Å². The minimum atomic E-state index is -0.483. The van der Waals surface area contributed by atoms with E-state index in [1.807, 2.05) is 6.07 Å². The van der Waals surface area contributed by atoms with Crippen molar-refractivity contribution in [3.05, 3.63) is 34.9 Å². The summed E-state index contributed by atoms with van der Waals surface area (Å²) in [4.78, 5) is 0. The molecule has 0 saturated carbocycles. The highest BCUT2D eigenvalue weighted by Crippen LogP contribution is 2.54. The molecule has 1 aliphatic heterocycles. The van der Waals surface area contributed by atoms with Crippen molar-refractivity contribution in [1.29, 1.82) is 0 Å². The molecule has 1 aliphatic carbocycles. The lowest BCUT2D eigenvalue weighted by Gasteiger charge is -2.54. The van der Waals surface area contributed by atoms with Crippen LogP contribution < -0.4 is 10.5 Å². The summed E-state index contributed by atoms with van der Waals surface area (Å²) in [7, 11) is 0. The lowest BCUT2D eigenvalue weighted by Crippen LogP contribution is -2.66. The predicted octanol–water partition coefficient (Wildman–Crippen LogP) is 4.04. The van der Waals surface area contributed by atoms with Crippen molar-refractivity contribution >= 4 is 0 Å². The molecule has 0 radical (unpaired) electrons. The maximum atomic E-state index is 10.6. The summed E-state index contributed by atoms with van der Waals surface area (Å²) in [6.45, 7) is 8.42. The molecule has 22 heavy (non-hydrogen) atoms. The van der Waals surface area contributed by atoms with E-state index >= 15 is 0 Å². The van der Waals surface area contributed by atoms with Crippen molar-refractivity contribution in [2.45, 2.75) is 70.4 Å². The van der Waals surface area contributed by atoms with Crippen molar-refractivity contribution in [3.8, 4) is 11.5 Å². The van der Waals surface area contributed by atoms with Gasteiger partial charge in [-0.1, -0.05) is 25.0 Å². The largest absolute Gasteiger partial charge is 0.507 e. The van der Waals surface area contributed by atoms with Crippen molar-refractivity contribution in [1.82, 2.24) is 0 Å². The van der Waals surface area contributed by atoms with Gasteiger partial charge in [0.2, 0.25) is 0 Å². The Morgan fingerprint density at radius 2 is 2.09 bits per heavy atom. The molecule has 0 aromatic heterocycles. The Labute approximate surface area is 133 Å². The number of nitrogens with two attached hydrogens (primary N) is 1. The van der Waals surface area contributed by atoms with Gasteiger partial charge in [-0.15, -0.1) is 0 Å². The van der Waals surface area contributed by atoms with Gasteiger partial charge >= 0.3 is 0 Å². The average Bonchev–Trinajstić information content (AvgIpc) is 2.41. The van der Waals surface area contributed by atoms with Crippen LogP contribution in [0.4, 0.5) is 0 Å². The number of benzene rings is 1. The maximum absolute atomic E-state index is 10.6. The first kappa shape index (κ1) is 15.4. The average molecular weight is 301 g/mol. The molecule has 3 N–H and O–H groups in total. The van der Waals surface area contributed by atoms with E-state index in [1.165, 1.54) is 5.57 Å². The lowest BCUT2D eigenvalue weighted by molar-refractivity contribution is -0.0113. The number of allylic oxidation sites excluding steroid dienone is 1. The minimum absolute atomic E-state index is 0.00989. The molecule has 0 amide bonds. The highest BCUT2D eigenvalue weighted by Gasteiger charge is 2.55. The lowest BCUT2D eigenvalue weighted by atomic mass is 9.62. The molecule has 3 rings (SSSR count). The van der Waals surface area contributed by atoms with Crippen molar-refractivity contribution in [2.75, 3.05) is 0 Å². The van der Waals surface area contributed by atoms with E-state index in [0.717, 1.165) is 42.6 Å². The molecule has 1 heterocycles. The summed E-state index contributed by atoms with van der Waals surface area (Å²) >= 11 is 0. The topological polar surface area (TPSA) is 55.5 Å². The van der Waals surface area contributed by atoms with E-state index in [4.69, 9.17) is 10.5 Å². The second-order valence-electron chi connectivity index (χ2n) is 7.42. The number of aryl methyl sites for hydroxylation is 1. The van der Waals surface area contributed by atoms with Crippen LogP contribution in [0.15, 0.2) is 23.8 Å². The Balaban J connectivity index is 2.20. The van der Waals surface area contributed by atoms with Gasteiger partial charge in [-0.3, -0.25) is 0 Å². The maximum Gasteiger partial charge on any atom is 0.128 e. The molecule has 3 nitrogen and oxygen atoms in total. The Morgan fingerprint density at radius 3 is 2.77 bits per heavy atom. The van der Waals surface area contributed by atoms with E-state index in [1.54, 1.807) is 0 Å². The Kier molecular flexibility index (Phi) is 3.52. The first-order valence-electron chi connectivity index (χ1n) is 8.29. The van der Waals surface area contributed by atoms with Gasteiger partial charge in [0.05, 0.1) is 5.54 Å². The number of hydrogen-bond acceptors (Lipinski definition) is 3. The number of hydrogen-bond donors (Lipinski definition) is 2. The van der Waals surface area contributed by atoms with E-state index in [9.17, 15) is 5.11 Å². The van der Waals surface area contributed by atoms with Crippen LogP contribution in [-0.4, -0.2) is 16.2 Å². The summed E-state index contributed by atoms with van der Waals surface area (Å²) in [5.41, 5.74) is 9.18. The third-order valence-electron chi connectivity index (χ3n) is 5.45. The van der Waals surface area contributed by atoms with Gasteiger partial charge < -0.3 is 15.6 Å². The third kappa shape index (κ3) is 2.14. The Morgan fingerprint density at radius 1 is 1.36 bits per heavy atom. The van der Waals surface area contributed by atoms with Gasteiger partial charge in [0.15, 0.2) is 0 Å². The second kappa shape index (κ2) is 5.02. The smallest absolute Gasteiger partial charge is 0.128 e. The summed E-state index contributed by atoms with van der Waals surface area (Å²) in [5.74, 6) is 1.13. The molecule has 1 aromatic carbocycles. The van der Waals surface area contributed by atoms with Crippen LogP contribution in [0.25, 0.3) is 0 Å². The van der Waals surface area contributed by atoms with Gasteiger partial charge in [0, 0.05) is 11.5 Å². The van der Waals surface area contributed by atoms with Crippen LogP contribution in [0.3, 0.4) is 0 Å². The molecule has 3 heteroatoms. The SMILES string of the molecule is CCCc1cc(O)c2c(c1)OC(C)(C)C1(N)CCC(C)=CC21. The fraction of sp³-hybridized carbons (Fsp3) is 0.579. The number of rotatable bonds is 2. The standard InChI is InChI=1S/C19H27NO2/c1-5-6-13-10-15(21)17-14-9-12(2)7-8-19(14,20)18(3,4)22-16(17)11-13/h9-11,14,21H,5-8,20H2,1-4H3. The Bertz CT molecular complexity index is 633. The fourth-order valence-electron chi connectivity index (χ4n) is 3.96. The highest BCUT2D eigenvalue weighted by atomic mass is 16.5. The quantitative estimate of drug-likeness (QED) is 0.811. The van der Waals surface area contributed by atoms with Gasteiger partial charge in [-0.05, 0) is 57.7 Å². The van der Waals surface area contributed by atoms with Crippen LogP contribution in [0, 0.1) is 0 Å². The zero-order valence-corrected chi connectivity index (χ0v) is 14.1. The van der Waals surface area contributed by atoms with Crippen LogP contribution >= 0.6 is 0 Å². The molecule has 2 aliphatic rings. The summed E-state index contributed by atoms with van der Waals surface area (Å²) in [6, 6.07) is 3.96. The number of phenols is 1. The second-order valence-corrected chi connectivity index (χ2v) is 7.42. The molecule has 0 bridgehead atoms. The normalized spacial score (nSPS) is 29.1. The van der Waals surface area contributed by atoms with Gasteiger partial charge in [0.25, 0.3) is 0 Å². The van der Waals surface area contributed by atoms with Gasteiger partial charge in [0.1, 0.15) is 17.1 Å². The molecular formula is C19H27NO2. The van der Waals surface area contributed by atoms with Crippen LogP contribution in [0.1, 0.15) is 64.0 Å². The van der Waals surface area contributed by atoms with E-state index < -0.39 is 11.1 Å². The van der Waals surface area contributed by atoms with Crippen LogP contribution in [0.2, 0.25) is 0 Å². The predicted molar refractivity (Wildman–Crippen MR) is 89.5 cm³/mol. The van der Waals surface area contributed by atoms with E-state index in [2.05, 4.69) is 39.8 Å². The zero-order chi connectivity index (χ0) is 16.1. The molecule has 0 fully saturated rings. The van der Waals surface area contributed by atoms with Crippen molar-refractivity contribution < 1.29 is 9.84 Å². The van der Waals surface area contributed by atoms with Crippen LogP contribution in [-0.2, 0) is 6.42 Å². The number of aromatic hydroxyl groups is 1. The summed E-state index contributed by atoms with van der Waals surface area (Å²) in [6.07, 6.45) is 6.08. The number of phenolic OH excluding ortho intramolecular Hbond substituents is 1. The molecular weight excluding hydrogens is 274 g/mol. The Hall–Kier alpha value is -1.48. The van der Waals surface area contributed by atoms with Gasteiger partial charge in [-0.25, -0.2) is 0 Å². The molecule has 2 atom stereocenters. The third-order valence-corrected chi connectivity index (χ3v) is 5.45. The summed E-state index contributed by atoms with van der Waals surface area (Å²) < 4.78 is 6.28. The van der Waals surface area contributed by atoms with Crippen LogP contribution in [0.5, 0.6) is 11.5 Å². The monoisotopic (exact) mass is 301 g/mol. The first-order chi connectivity index (χ1) is 10.3. The van der Waals surface area contributed by atoms with Gasteiger partial charge in [-0.2, -0.15) is 0 Å². The summed E-state index contributed by atoms with van der Waals surface area (Å²) in [5, 5.41) is 10.6. The molecule has 0 spiro atoms. The molecule has 2 unspecified atom stereocenters. The molecule has 1 aromatic rings. The van der Waals surface area contributed by atoms with Crippen molar-refractivity contribution in [2.24, 2.45) is 5.73 Å². The number of fused-ring (bicyclic) bond motifs is 3. The van der Waals surface area contributed by atoms with E-state index in [-0.39, 0.29) is 5.92 Å². The molecule has 120 valence electrons.